The molecule has 0 spiro atoms. The first-order chi connectivity index (χ1) is 28.1. The molecular weight excluding hydrogens is 478 g/mol. The van der Waals surface area contributed by atoms with Gasteiger partial charge in [0, 0.05) is 27.5 Å². The lowest BCUT2D eigenvalue weighted by atomic mass is 9.98. The van der Waals surface area contributed by atoms with Crippen LogP contribution in [0, 0.1) is 0 Å². The molecule has 8 aromatic rings. The monoisotopic (exact) mass is 520 g/mol. The molecule has 8 rings (SSSR count). The number of benzene rings is 6. The van der Waals surface area contributed by atoms with Gasteiger partial charge in [0.1, 0.15) is 11.2 Å². The molecule has 0 saturated heterocycles. The average Bonchev–Trinajstić information content (AvgIpc) is 3.63. The van der Waals surface area contributed by atoms with Crippen LogP contribution in [0.25, 0.3) is 77.6 Å². The van der Waals surface area contributed by atoms with Gasteiger partial charge in [0.15, 0.2) is 17.5 Å². The fourth-order valence-electron chi connectivity index (χ4n) is 4.03. The van der Waals surface area contributed by atoms with Crippen LogP contribution in [0.5, 0.6) is 0 Å². The van der Waals surface area contributed by atoms with Gasteiger partial charge >= 0.3 is 0 Å². The topological polar surface area (TPSA) is 51.8 Å². The Morgan fingerprint density at radius 2 is 0.974 bits per heavy atom. The second-order valence-electron chi connectivity index (χ2n) is 8.07. The van der Waals surface area contributed by atoms with Gasteiger partial charge in [0.2, 0.25) is 0 Å². The van der Waals surface area contributed by atoms with Crippen LogP contribution in [0.15, 0.2) is 131 Å². The van der Waals surface area contributed by atoms with Gasteiger partial charge in [-0.2, -0.15) is 0 Å². The number of hydrogen-bond acceptors (Lipinski definition) is 4. The van der Waals surface area contributed by atoms with Crippen molar-refractivity contribution in [2.75, 3.05) is 0 Å². The van der Waals surface area contributed by atoms with E-state index in [1.54, 1.807) is 0 Å². The fraction of sp³-hybridized carbons (Fsp3) is 0. The fourth-order valence-corrected chi connectivity index (χ4v) is 4.03. The summed E-state index contributed by atoms with van der Waals surface area (Å²) >= 11 is 0. The molecule has 0 saturated carbocycles. The molecular formula is C35H21N3O. The van der Waals surface area contributed by atoms with Gasteiger partial charge in [-0.3, -0.25) is 0 Å². The lowest BCUT2D eigenvalue weighted by Crippen LogP contribution is -2.00. The van der Waals surface area contributed by atoms with E-state index in [1.807, 2.05) is 0 Å². The Bertz CT molecular complexity index is 3200. The smallest absolute Gasteiger partial charge is 0.164 e. The van der Waals surface area contributed by atoms with Crippen molar-refractivity contribution in [2.24, 2.45) is 0 Å². The molecule has 182 valence electrons. The summed E-state index contributed by atoms with van der Waals surface area (Å²) < 4.78 is 187. The highest BCUT2D eigenvalue weighted by atomic mass is 16.3. The predicted octanol–water partition coefficient (Wildman–Crippen LogP) is 9.08. The molecule has 2 aromatic heterocycles. The van der Waals surface area contributed by atoms with Crippen molar-refractivity contribution in [1.29, 1.82) is 0 Å². The molecule has 0 aliphatic carbocycles. The van der Waals surface area contributed by atoms with E-state index < -0.39 is 194 Å². The van der Waals surface area contributed by atoms with Crippen molar-refractivity contribution in [2.45, 2.75) is 0 Å². The number of furan rings is 1. The largest absolute Gasteiger partial charge is 0.456 e. The zero-order valence-electron chi connectivity index (χ0n) is 40.2. The normalized spacial score (nSPS) is 19.1. The van der Waals surface area contributed by atoms with Crippen molar-refractivity contribution in [3.05, 3.63) is 127 Å². The number of rotatable bonds is 3. The van der Waals surface area contributed by atoms with Crippen molar-refractivity contribution < 1.29 is 33.2 Å². The summed E-state index contributed by atoms with van der Waals surface area (Å²) in [6.07, 6.45) is 0. The van der Waals surface area contributed by atoms with Gasteiger partial charge in [-0.15, -0.1) is 0 Å². The first kappa shape index (κ1) is 9.44. The highest BCUT2D eigenvalue weighted by molar-refractivity contribution is 6.16. The Labute approximate surface area is 253 Å². The SMILES string of the molecule is [2H]c1c([2H])c([2H])c(-c2nc(-c3c([2H])c([2H])c([2H])c([2H])c3[2H])nc(-c3c([2H])c([2H])c4c([2H])c([2H])c5c([2H])c6oc7c([2H])c([2H])c([2H])c([2H])c7c6c([2H])c5c4c3[2H])n2)c([2H])c1[2H]. The standard InChI is InChI=1S/C35H21N3O/c1-3-9-23(10-4-1)33-36-34(24-11-5-2-6-12-24)38-35(37-33)26-18-16-22-15-17-25-20-32-30(21-29(25)28(22)19-26)27-13-7-8-14-31(27)39-32/h1-21H/i1D,2D,3D,4D,5D,6D,7D,8D,9D,10D,11D,12D,13D,14D,15D,16D,17D,18D,19D,20D,21D. The molecule has 4 nitrogen and oxygen atoms in total. The Balaban J connectivity index is 1.59. The van der Waals surface area contributed by atoms with Crippen LogP contribution in [-0.4, -0.2) is 15.0 Å². The van der Waals surface area contributed by atoms with E-state index in [2.05, 4.69) is 15.0 Å². The van der Waals surface area contributed by atoms with Gasteiger partial charge in [0.25, 0.3) is 0 Å². The van der Waals surface area contributed by atoms with Gasteiger partial charge < -0.3 is 4.42 Å². The number of nitrogens with zero attached hydrogens (tertiary/aromatic N) is 3. The summed E-state index contributed by atoms with van der Waals surface area (Å²) in [5.41, 5.74) is -2.82. The maximum atomic E-state index is 9.56. The summed E-state index contributed by atoms with van der Waals surface area (Å²) in [5.74, 6) is -2.21. The zero-order chi connectivity index (χ0) is 44.0. The van der Waals surface area contributed by atoms with E-state index in [9.17, 15) is 2.74 Å². The Hall–Kier alpha value is -5.35. The third kappa shape index (κ3) is 3.65. The first-order valence-electron chi connectivity index (χ1n) is 21.7. The molecule has 39 heavy (non-hydrogen) atoms. The summed E-state index contributed by atoms with van der Waals surface area (Å²) in [4.78, 5) is 12.7. The summed E-state index contributed by atoms with van der Waals surface area (Å²) in [6.45, 7) is 0. The van der Waals surface area contributed by atoms with Crippen LogP contribution in [-0.2, 0) is 0 Å². The molecule has 0 radical (unpaired) electrons. The number of fused-ring (bicyclic) bond motifs is 6. The molecule has 0 amide bonds. The lowest BCUT2D eigenvalue weighted by molar-refractivity contribution is 0.669. The van der Waals surface area contributed by atoms with E-state index in [0.717, 1.165) is 0 Å². The predicted molar refractivity (Wildman–Crippen MR) is 158 cm³/mol. The molecule has 0 atom stereocenters. The quantitative estimate of drug-likeness (QED) is 0.218. The molecule has 0 N–H and O–H groups in total. The molecule has 4 heteroatoms. The van der Waals surface area contributed by atoms with E-state index in [1.165, 1.54) is 0 Å². The Morgan fingerprint density at radius 1 is 0.410 bits per heavy atom. The molecule has 0 unspecified atom stereocenters. The molecule has 6 aromatic carbocycles. The van der Waals surface area contributed by atoms with Crippen LogP contribution in [0.1, 0.15) is 28.8 Å². The number of aromatic nitrogens is 3. The van der Waals surface area contributed by atoms with Gasteiger partial charge in [-0.25, -0.2) is 15.0 Å². The second-order valence-corrected chi connectivity index (χ2v) is 8.07. The van der Waals surface area contributed by atoms with E-state index in [4.69, 9.17) is 30.5 Å². The second kappa shape index (κ2) is 8.61. The molecule has 0 fully saturated rings. The summed E-state index contributed by atoms with van der Waals surface area (Å²) in [5, 5.41) is -2.49. The molecule has 0 aliphatic rings. The minimum atomic E-state index is -0.869. The van der Waals surface area contributed by atoms with Crippen molar-refractivity contribution in [1.82, 2.24) is 15.0 Å². The lowest BCUT2D eigenvalue weighted by Gasteiger charge is -2.10. The van der Waals surface area contributed by atoms with E-state index in [0.29, 0.717) is 0 Å². The van der Waals surface area contributed by atoms with Crippen molar-refractivity contribution >= 4 is 43.5 Å². The van der Waals surface area contributed by atoms with E-state index in [-0.39, 0.29) is 10.8 Å². The van der Waals surface area contributed by atoms with Crippen LogP contribution >= 0.6 is 0 Å². The Morgan fingerprint density at radius 3 is 1.69 bits per heavy atom. The highest BCUT2D eigenvalue weighted by Crippen LogP contribution is 2.36. The van der Waals surface area contributed by atoms with Crippen molar-refractivity contribution in [3.8, 4) is 34.2 Å². The van der Waals surface area contributed by atoms with Gasteiger partial charge in [-0.05, 0) is 45.7 Å². The van der Waals surface area contributed by atoms with Crippen LogP contribution in [0.4, 0.5) is 0 Å². The molecule has 0 aliphatic heterocycles. The molecule has 0 bridgehead atoms. The minimum absolute atomic E-state index is 0.301. The third-order valence-corrected chi connectivity index (χ3v) is 5.75. The summed E-state index contributed by atoms with van der Waals surface area (Å²) in [7, 11) is 0. The van der Waals surface area contributed by atoms with Gasteiger partial charge in [0.05, 0.1) is 28.8 Å². The third-order valence-electron chi connectivity index (χ3n) is 5.75. The maximum absolute atomic E-state index is 9.56. The first-order valence-corrected chi connectivity index (χ1v) is 11.2. The maximum Gasteiger partial charge on any atom is 0.164 e. The van der Waals surface area contributed by atoms with E-state index >= 15 is 0 Å². The van der Waals surface area contributed by atoms with Gasteiger partial charge in [-0.1, -0.05) is 103 Å². The summed E-state index contributed by atoms with van der Waals surface area (Å²) in [6, 6.07) is -16.0. The van der Waals surface area contributed by atoms with Crippen LogP contribution in [0.2, 0.25) is 0 Å². The highest BCUT2D eigenvalue weighted by Gasteiger charge is 2.14. The average molecular weight is 521 g/mol. The molecule has 2 heterocycles. The minimum Gasteiger partial charge on any atom is -0.456 e. The van der Waals surface area contributed by atoms with Crippen LogP contribution in [0.3, 0.4) is 0 Å². The van der Waals surface area contributed by atoms with Crippen LogP contribution < -0.4 is 0 Å². The number of para-hydroxylation sites is 1. The zero-order valence-corrected chi connectivity index (χ0v) is 19.2. The van der Waals surface area contributed by atoms with Crippen molar-refractivity contribution in [3.63, 3.8) is 0 Å². The Kier molecular flexibility index (Phi) is 2.08. The number of hydrogen-bond donors (Lipinski definition) is 0.